The van der Waals surface area contributed by atoms with Crippen LogP contribution in [0.1, 0.15) is 41.5 Å². The zero-order valence-electron chi connectivity index (χ0n) is 12.5. The van der Waals surface area contributed by atoms with E-state index in [4.69, 9.17) is 9.84 Å². The maximum Gasteiger partial charge on any atom is 0.213 e. The first-order valence-electron chi connectivity index (χ1n) is 7.73. The number of pyridine rings is 1. The van der Waals surface area contributed by atoms with E-state index in [9.17, 15) is 0 Å². The molecule has 118 valence electrons. The summed E-state index contributed by atoms with van der Waals surface area (Å²) in [5.74, 6) is 1.21. The number of anilines is 1. The highest BCUT2D eigenvalue weighted by molar-refractivity contribution is 7.11. The van der Waals surface area contributed by atoms with Crippen LogP contribution in [0.25, 0.3) is 0 Å². The normalized spacial score (nSPS) is 15.1. The third-order valence-electron chi connectivity index (χ3n) is 3.82. The van der Waals surface area contributed by atoms with Crippen LogP contribution in [0.4, 0.5) is 5.69 Å². The Morgan fingerprint density at radius 2 is 2.09 bits per heavy atom. The van der Waals surface area contributed by atoms with Gasteiger partial charge < -0.3 is 15.2 Å². The SMILES string of the molecule is OCCOc1ccc(NCc2cnc(C3CCCC3)s2)cn1. The summed E-state index contributed by atoms with van der Waals surface area (Å²) in [6.07, 6.45) is 8.99. The number of hydrogen-bond donors (Lipinski definition) is 2. The maximum atomic E-state index is 8.70. The van der Waals surface area contributed by atoms with Gasteiger partial charge in [-0.15, -0.1) is 11.3 Å². The Balaban J connectivity index is 1.51. The van der Waals surface area contributed by atoms with Crippen LogP contribution in [-0.2, 0) is 6.54 Å². The molecule has 0 aromatic carbocycles. The second-order valence-corrected chi connectivity index (χ2v) is 6.60. The second-order valence-electron chi connectivity index (χ2n) is 5.46. The molecule has 1 fully saturated rings. The van der Waals surface area contributed by atoms with Gasteiger partial charge in [0.15, 0.2) is 0 Å². The molecule has 0 atom stereocenters. The Kier molecular flexibility index (Phi) is 5.24. The number of nitrogens with one attached hydrogen (secondary N) is 1. The Labute approximate surface area is 134 Å². The third-order valence-corrected chi connectivity index (χ3v) is 4.98. The number of ether oxygens (including phenoxy) is 1. The van der Waals surface area contributed by atoms with Gasteiger partial charge in [-0.25, -0.2) is 9.97 Å². The molecule has 3 rings (SSSR count). The first-order valence-corrected chi connectivity index (χ1v) is 8.55. The fourth-order valence-corrected chi connectivity index (χ4v) is 3.70. The van der Waals surface area contributed by atoms with Gasteiger partial charge in [-0.3, -0.25) is 0 Å². The standard InChI is InChI=1S/C16H21N3O2S/c20-7-8-21-15-6-5-13(9-18-15)17-10-14-11-19-16(22-14)12-3-1-2-4-12/h5-6,9,11-12,17,20H,1-4,7-8,10H2. The highest BCUT2D eigenvalue weighted by Crippen LogP contribution is 2.36. The summed E-state index contributed by atoms with van der Waals surface area (Å²) in [4.78, 5) is 10.0. The Morgan fingerprint density at radius 3 is 2.82 bits per heavy atom. The summed E-state index contributed by atoms with van der Waals surface area (Å²) in [7, 11) is 0. The molecule has 1 aliphatic carbocycles. The molecule has 2 aromatic heterocycles. The van der Waals surface area contributed by atoms with Crippen molar-refractivity contribution < 1.29 is 9.84 Å². The van der Waals surface area contributed by atoms with Crippen LogP contribution in [0.15, 0.2) is 24.5 Å². The highest BCUT2D eigenvalue weighted by Gasteiger charge is 2.19. The van der Waals surface area contributed by atoms with E-state index in [2.05, 4.69) is 15.3 Å². The third kappa shape index (κ3) is 3.96. The molecule has 1 aliphatic rings. The zero-order valence-corrected chi connectivity index (χ0v) is 13.3. The highest BCUT2D eigenvalue weighted by atomic mass is 32.1. The minimum absolute atomic E-state index is 0.00358. The monoisotopic (exact) mass is 319 g/mol. The second kappa shape index (κ2) is 7.56. The predicted octanol–water partition coefficient (Wildman–Crippen LogP) is 3.18. The molecule has 2 heterocycles. The van der Waals surface area contributed by atoms with Crippen LogP contribution < -0.4 is 10.1 Å². The maximum absolute atomic E-state index is 8.70. The largest absolute Gasteiger partial charge is 0.475 e. The lowest BCUT2D eigenvalue weighted by Gasteiger charge is -2.06. The van der Waals surface area contributed by atoms with Crippen LogP contribution in [0.2, 0.25) is 0 Å². The Morgan fingerprint density at radius 1 is 1.23 bits per heavy atom. The van der Waals surface area contributed by atoms with Crippen LogP contribution in [-0.4, -0.2) is 28.3 Å². The number of aromatic nitrogens is 2. The van der Waals surface area contributed by atoms with Crippen molar-refractivity contribution in [1.82, 2.24) is 9.97 Å². The topological polar surface area (TPSA) is 67.3 Å². The van der Waals surface area contributed by atoms with Gasteiger partial charge in [-0.1, -0.05) is 12.8 Å². The molecule has 2 N–H and O–H groups in total. The van der Waals surface area contributed by atoms with E-state index in [1.54, 1.807) is 12.3 Å². The van der Waals surface area contributed by atoms with Crippen LogP contribution in [0, 0.1) is 0 Å². The molecule has 0 amide bonds. The number of aliphatic hydroxyl groups is 1. The molecule has 0 spiro atoms. The molecular weight excluding hydrogens is 298 g/mol. The van der Waals surface area contributed by atoms with Crippen LogP contribution >= 0.6 is 11.3 Å². The van der Waals surface area contributed by atoms with Crippen molar-refractivity contribution in [2.45, 2.75) is 38.1 Å². The Hall–Kier alpha value is -1.66. The fraction of sp³-hybridized carbons (Fsp3) is 0.500. The summed E-state index contributed by atoms with van der Waals surface area (Å²) in [5.41, 5.74) is 0.951. The molecule has 0 bridgehead atoms. The number of hydrogen-bond acceptors (Lipinski definition) is 6. The van der Waals surface area contributed by atoms with Crippen molar-refractivity contribution in [3.63, 3.8) is 0 Å². The van der Waals surface area contributed by atoms with Crippen molar-refractivity contribution in [1.29, 1.82) is 0 Å². The lowest BCUT2D eigenvalue weighted by molar-refractivity contribution is 0.196. The van der Waals surface area contributed by atoms with E-state index in [1.807, 2.05) is 23.6 Å². The van der Waals surface area contributed by atoms with Crippen molar-refractivity contribution in [3.05, 3.63) is 34.4 Å². The average molecular weight is 319 g/mol. The zero-order chi connectivity index (χ0) is 15.2. The smallest absolute Gasteiger partial charge is 0.213 e. The Bertz CT molecular complexity index is 579. The van der Waals surface area contributed by atoms with Crippen molar-refractivity contribution in [3.8, 4) is 5.88 Å². The van der Waals surface area contributed by atoms with Crippen LogP contribution in [0.3, 0.4) is 0 Å². The first kappa shape index (κ1) is 15.2. The summed E-state index contributed by atoms with van der Waals surface area (Å²) in [6.45, 7) is 1.03. The lowest BCUT2D eigenvalue weighted by Crippen LogP contribution is -2.03. The number of rotatable bonds is 7. The number of thiazole rings is 1. The van der Waals surface area contributed by atoms with Crippen molar-refractivity contribution >= 4 is 17.0 Å². The van der Waals surface area contributed by atoms with E-state index >= 15 is 0 Å². The lowest BCUT2D eigenvalue weighted by atomic mass is 10.1. The minimum Gasteiger partial charge on any atom is -0.475 e. The van der Waals surface area contributed by atoms with E-state index in [1.165, 1.54) is 35.6 Å². The van der Waals surface area contributed by atoms with E-state index < -0.39 is 0 Å². The summed E-state index contributed by atoms with van der Waals surface area (Å²) in [5, 5.41) is 13.3. The minimum atomic E-state index is -0.00358. The molecule has 0 saturated heterocycles. The van der Waals surface area contributed by atoms with Crippen molar-refractivity contribution in [2.75, 3.05) is 18.5 Å². The molecule has 22 heavy (non-hydrogen) atoms. The van der Waals surface area contributed by atoms with Gasteiger partial charge in [0, 0.05) is 23.1 Å². The molecule has 2 aromatic rings. The molecule has 1 saturated carbocycles. The number of nitrogens with zero attached hydrogens (tertiary/aromatic N) is 2. The van der Waals surface area contributed by atoms with E-state index in [0.29, 0.717) is 11.8 Å². The van der Waals surface area contributed by atoms with E-state index in [-0.39, 0.29) is 13.2 Å². The van der Waals surface area contributed by atoms with Crippen LogP contribution in [0.5, 0.6) is 5.88 Å². The van der Waals surface area contributed by atoms with Crippen molar-refractivity contribution in [2.24, 2.45) is 0 Å². The quantitative estimate of drug-likeness (QED) is 0.820. The fourth-order valence-electron chi connectivity index (χ4n) is 2.68. The molecule has 6 heteroatoms. The van der Waals surface area contributed by atoms with Gasteiger partial charge in [-0.2, -0.15) is 0 Å². The van der Waals surface area contributed by atoms with Gasteiger partial charge in [0.2, 0.25) is 5.88 Å². The molecule has 0 aliphatic heterocycles. The van der Waals surface area contributed by atoms with E-state index in [0.717, 1.165) is 12.2 Å². The predicted molar refractivity (Wildman–Crippen MR) is 87.5 cm³/mol. The summed E-state index contributed by atoms with van der Waals surface area (Å²) >= 11 is 1.82. The number of aliphatic hydroxyl groups excluding tert-OH is 1. The molecule has 5 nitrogen and oxygen atoms in total. The first-order chi connectivity index (χ1) is 10.8. The molecule has 0 radical (unpaired) electrons. The van der Waals surface area contributed by atoms with Gasteiger partial charge in [0.25, 0.3) is 0 Å². The molecular formula is C16H21N3O2S. The van der Waals surface area contributed by atoms with Gasteiger partial charge in [-0.05, 0) is 18.9 Å². The van der Waals surface area contributed by atoms with Gasteiger partial charge in [0.05, 0.1) is 30.0 Å². The average Bonchev–Trinajstić information content (AvgIpc) is 3.23. The van der Waals surface area contributed by atoms with Gasteiger partial charge >= 0.3 is 0 Å². The summed E-state index contributed by atoms with van der Waals surface area (Å²) in [6, 6.07) is 3.73. The summed E-state index contributed by atoms with van der Waals surface area (Å²) < 4.78 is 5.24. The van der Waals surface area contributed by atoms with Gasteiger partial charge in [0.1, 0.15) is 6.61 Å². The molecule has 0 unspecified atom stereocenters.